The van der Waals surface area contributed by atoms with Gasteiger partial charge in [-0.15, -0.1) is 0 Å². The highest BCUT2D eigenvalue weighted by atomic mass is 32.2. The maximum absolute atomic E-state index is 12.5. The third kappa shape index (κ3) is 4.64. The van der Waals surface area contributed by atoms with Gasteiger partial charge in [0.2, 0.25) is 0 Å². The van der Waals surface area contributed by atoms with Gasteiger partial charge in [0.1, 0.15) is 0 Å². The number of carbonyl (C=O) groups is 1. The summed E-state index contributed by atoms with van der Waals surface area (Å²) >= 11 is -0.305. The zero-order valence-corrected chi connectivity index (χ0v) is 12.0. The molecule has 3 nitrogen and oxygen atoms in total. The largest absolute Gasteiger partial charge is 0.446 e. The molecule has 116 valence electrons. The second-order valence-corrected chi connectivity index (χ2v) is 6.08. The van der Waals surface area contributed by atoms with Gasteiger partial charge in [-0.3, -0.25) is 4.79 Å². The van der Waals surface area contributed by atoms with Crippen molar-refractivity contribution in [3.8, 4) is 0 Å². The zero-order chi connectivity index (χ0) is 15.5. The predicted molar refractivity (Wildman–Crippen MR) is 74.1 cm³/mol. The van der Waals surface area contributed by atoms with E-state index in [2.05, 4.69) is 5.32 Å². The van der Waals surface area contributed by atoms with Crippen molar-refractivity contribution in [3.63, 3.8) is 0 Å². The van der Waals surface area contributed by atoms with Gasteiger partial charge in [0, 0.05) is 4.90 Å². The summed E-state index contributed by atoms with van der Waals surface area (Å²) in [6.45, 7) is 0. The number of rotatable bonds is 3. The van der Waals surface area contributed by atoms with Gasteiger partial charge >= 0.3 is 5.51 Å². The SMILES string of the molecule is O=C(N[C@H]1CCCC[C@@H]1O)c1ccccc1SC(F)(F)F. The number of benzene rings is 1. The number of amides is 1. The summed E-state index contributed by atoms with van der Waals surface area (Å²) in [6.07, 6.45) is 2.39. The van der Waals surface area contributed by atoms with Gasteiger partial charge in [0.05, 0.1) is 17.7 Å². The number of halogens is 3. The first-order chi connectivity index (χ1) is 9.87. The van der Waals surface area contributed by atoms with Gasteiger partial charge in [-0.25, -0.2) is 0 Å². The Morgan fingerprint density at radius 1 is 1.24 bits per heavy atom. The van der Waals surface area contributed by atoms with E-state index in [4.69, 9.17) is 0 Å². The normalized spacial score (nSPS) is 22.9. The number of nitrogens with one attached hydrogen (secondary N) is 1. The molecule has 1 aromatic rings. The van der Waals surface area contributed by atoms with Crippen LogP contribution in [0.15, 0.2) is 29.2 Å². The molecule has 2 atom stereocenters. The van der Waals surface area contributed by atoms with Crippen LogP contribution in [0.5, 0.6) is 0 Å². The van der Waals surface area contributed by atoms with Crippen molar-refractivity contribution in [3.05, 3.63) is 29.8 Å². The maximum atomic E-state index is 12.5. The standard InChI is InChI=1S/C14H16F3NO2S/c15-14(16,17)21-12-8-4-1-5-9(12)13(20)18-10-6-2-3-7-11(10)19/h1,4-5,8,10-11,19H,2-3,6-7H2,(H,18,20)/t10-,11-/m0/s1. The lowest BCUT2D eigenvalue weighted by molar-refractivity contribution is -0.0328. The Morgan fingerprint density at radius 3 is 2.57 bits per heavy atom. The van der Waals surface area contributed by atoms with E-state index < -0.39 is 23.6 Å². The second kappa shape index (κ2) is 6.70. The summed E-state index contributed by atoms with van der Waals surface area (Å²) < 4.78 is 37.5. The van der Waals surface area contributed by atoms with E-state index in [1.165, 1.54) is 24.3 Å². The first kappa shape index (κ1) is 16.2. The number of hydrogen-bond donors (Lipinski definition) is 2. The molecule has 1 aromatic carbocycles. The molecular formula is C14H16F3NO2S. The van der Waals surface area contributed by atoms with Crippen LogP contribution in [0.25, 0.3) is 0 Å². The van der Waals surface area contributed by atoms with Gasteiger partial charge in [-0.2, -0.15) is 13.2 Å². The highest BCUT2D eigenvalue weighted by molar-refractivity contribution is 8.00. The molecule has 0 saturated heterocycles. The van der Waals surface area contributed by atoms with Crippen LogP contribution in [0.2, 0.25) is 0 Å². The van der Waals surface area contributed by atoms with Gasteiger partial charge in [-0.1, -0.05) is 25.0 Å². The molecule has 0 aliphatic heterocycles. The molecule has 2 rings (SSSR count). The van der Waals surface area contributed by atoms with Crippen molar-refractivity contribution in [2.75, 3.05) is 0 Å². The Kier molecular flexibility index (Phi) is 5.16. The van der Waals surface area contributed by atoms with Crippen LogP contribution in [0.1, 0.15) is 36.0 Å². The molecule has 1 saturated carbocycles. The van der Waals surface area contributed by atoms with E-state index in [-0.39, 0.29) is 22.2 Å². The number of alkyl halides is 3. The Morgan fingerprint density at radius 2 is 1.90 bits per heavy atom. The number of hydrogen-bond acceptors (Lipinski definition) is 3. The van der Waals surface area contributed by atoms with Crippen LogP contribution >= 0.6 is 11.8 Å². The van der Waals surface area contributed by atoms with Crippen LogP contribution in [0.4, 0.5) is 13.2 Å². The fourth-order valence-electron chi connectivity index (χ4n) is 2.39. The average molecular weight is 319 g/mol. The van der Waals surface area contributed by atoms with Crippen molar-refractivity contribution in [2.24, 2.45) is 0 Å². The first-order valence-electron chi connectivity index (χ1n) is 6.70. The van der Waals surface area contributed by atoms with Crippen LogP contribution in [-0.4, -0.2) is 28.7 Å². The Bertz CT molecular complexity index is 507. The molecule has 0 aromatic heterocycles. The number of aliphatic hydroxyl groups excluding tert-OH is 1. The van der Waals surface area contributed by atoms with E-state index in [0.29, 0.717) is 12.8 Å². The lowest BCUT2D eigenvalue weighted by Crippen LogP contribution is -2.45. The van der Waals surface area contributed by atoms with Gasteiger partial charge in [0.25, 0.3) is 5.91 Å². The minimum Gasteiger partial charge on any atom is -0.391 e. The van der Waals surface area contributed by atoms with Crippen LogP contribution in [0.3, 0.4) is 0 Å². The Hall–Kier alpha value is -1.21. The minimum atomic E-state index is -4.44. The summed E-state index contributed by atoms with van der Waals surface area (Å²) in [5.74, 6) is -0.576. The number of aliphatic hydroxyl groups is 1. The van der Waals surface area contributed by atoms with Gasteiger partial charge < -0.3 is 10.4 Å². The molecule has 1 aliphatic carbocycles. The van der Waals surface area contributed by atoms with Crippen molar-refractivity contribution < 1.29 is 23.1 Å². The third-order valence-electron chi connectivity index (χ3n) is 3.40. The van der Waals surface area contributed by atoms with E-state index in [9.17, 15) is 23.1 Å². The molecule has 2 N–H and O–H groups in total. The van der Waals surface area contributed by atoms with Crippen molar-refractivity contribution in [2.45, 2.75) is 48.2 Å². The molecule has 0 spiro atoms. The summed E-state index contributed by atoms with van der Waals surface area (Å²) in [4.78, 5) is 12.0. The molecule has 0 radical (unpaired) electrons. The van der Waals surface area contributed by atoms with Crippen molar-refractivity contribution >= 4 is 17.7 Å². The summed E-state index contributed by atoms with van der Waals surface area (Å²) in [5, 5.41) is 12.5. The Balaban J connectivity index is 2.11. The van der Waals surface area contributed by atoms with E-state index in [1.54, 1.807) is 0 Å². The minimum absolute atomic E-state index is 0.0161. The van der Waals surface area contributed by atoms with E-state index in [0.717, 1.165) is 12.8 Å². The first-order valence-corrected chi connectivity index (χ1v) is 7.52. The molecule has 0 heterocycles. The third-order valence-corrected chi connectivity index (χ3v) is 4.21. The average Bonchev–Trinajstić information content (AvgIpc) is 2.40. The number of carbonyl (C=O) groups excluding carboxylic acids is 1. The van der Waals surface area contributed by atoms with Gasteiger partial charge in [0.15, 0.2) is 0 Å². The predicted octanol–water partition coefficient (Wildman–Crippen LogP) is 3.33. The maximum Gasteiger partial charge on any atom is 0.446 e. The van der Waals surface area contributed by atoms with Crippen LogP contribution < -0.4 is 5.32 Å². The molecule has 21 heavy (non-hydrogen) atoms. The highest BCUT2D eigenvalue weighted by Gasteiger charge is 2.32. The summed E-state index contributed by atoms with van der Waals surface area (Å²) in [6, 6.07) is 5.21. The molecular weight excluding hydrogens is 303 g/mol. The van der Waals surface area contributed by atoms with Crippen LogP contribution in [0, 0.1) is 0 Å². The summed E-state index contributed by atoms with van der Waals surface area (Å²) in [7, 11) is 0. The van der Waals surface area contributed by atoms with Crippen molar-refractivity contribution in [1.82, 2.24) is 5.32 Å². The van der Waals surface area contributed by atoms with Crippen LogP contribution in [-0.2, 0) is 0 Å². The van der Waals surface area contributed by atoms with E-state index >= 15 is 0 Å². The fourth-order valence-corrected chi connectivity index (χ4v) is 3.06. The topological polar surface area (TPSA) is 49.3 Å². The van der Waals surface area contributed by atoms with E-state index in [1.807, 2.05) is 0 Å². The zero-order valence-electron chi connectivity index (χ0n) is 11.2. The Labute approximate surface area is 124 Å². The lowest BCUT2D eigenvalue weighted by atomic mass is 9.92. The molecule has 7 heteroatoms. The second-order valence-electron chi connectivity index (χ2n) is 4.98. The molecule has 0 unspecified atom stereocenters. The van der Waals surface area contributed by atoms with Gasteiger partial charge in [-0.05, 0) is 36.7 Å². The summed E-state index contributed by atoms with van der Waals surface area (Å²) in [5.41, 5.74) is -4.46. The molecule has 1 fully saturated rings. The highest BCUT2D eigenvalue weighted by Crippen LogP contribution is 2.38. The lowest BCUT2D eigenvalue weighted by Gasteiger charge is -2.28. The number of thioether (sulfide) groups is 1. The molecule has 1 aliphatic rings. The fraction of sp³-hybridized carbons (Fsp3) is 0.500. The monoisotopic (exact) mass is 319 g/mol. The molecule has 0 bridgehead atoms. The molecule has 1 amide bonds. The van der Waals surface area contributed by atoms with Crippen molar-refractivity contribution in [1.29, 1.82) is 0 Å². The smallest absolute Gasteiger partial charge is 0.391 e. The quantitative estimate of drug-likeness (QED) is 0.840.